The second-order valence-corrected chi connectivity index (χ2v) is 1.83. The molecule has 1 unspecified atom stereocenters. The Hall–Kier alpha value is -0.530. The predicted molar refractivity (Wildman–Crippen MR) is 42.9 cm³/mol. The number of esters is 1. The fourth-order valence-corrected chi connectivity index (χ4v) is 0.367. The molecule has 0 radical (unpaired) electrons. The number of hydrogen-bond acceptors (Lipinski definition) is 2. The lowest BCUT2D eigenvalue weighted by Crippen LogP contribution is -2.09. The van der Waals surface area contributed by atoms with Crippen LogP contribution in [0.1, 0.15) is 41.0 Å². The minimum Gasteiger partial charge on any atom is -0.463 e. The van der Waals surface area contributed by atoms with Crippen LogP contribution in [0.15, 0.2) is 0 Å². The van der Waals surface area contributed by atoms with Crippen LogP contribution in [0, 0.1) is 0 Å². The molecule has 0 saturated heterocycles. The lowest BCUT2D eigenvalue weighted by Gasteiger charge is -2.06. The van der Waals surface area contributed by atoms with Crippen LogP contribution in [-0.2, 0) is 9.53 Å². The second-order valence-electron chi connectivity index (χ2n) is 1.83. The van der Waals surface area contributed by atoms with Gasteiger partial charge in [-0.1, -0.05) is 20.8 Å². The van der Waals surface area contributed by atoms with E-state index in [1.165, 1.54) is 6.92 Å². The van der Waals surface area contributed by atoms with Gasteiger partial charge in [0.05, 0.1) is 6.10 Å². The summed E-state index contributed by atoms with van der Waals surface area (Å²) in [5.41, 5.74) is 0. The highest BCUT2D eigenvalue weighted by atomic mass is 16.5. The first-order valence-corrected chi connectivity index (χ1v) is 3.84. The summed E-state index contributed by atoms with van der Waals surface area (Å²) >= 11 is 0. The van der Waals surface area contributed by atoms with Crippen molar-refractivity contribution in [1.29, 1.82) is 0 Å². The van der Waals surface area contributed by atoms with Gasteiger partial charge in [-0.05, 0) is 13.3 Å². The molecule has 0 heterocycles. The minimum absolute atomic E-state index is 0.0764. The van der Waals surface area contributed by atoms with E-state index in [0.29, 0.717) is 0 Å². The third kappa shape index (κ3) is 10.5. The molecule has 0 fully saturated rings. The van der Waals surface area contributed by atoms with Crippen LogP contribution in [0.25, 0.3) is 0 Å². The van der Waals surface area contributed by atoms with Gasteiger partial charge in [0.2, 0.25) is 0 Å². The Morgan fingerprint density at radius 3 is 2.00 bits per heavy atom. The normalized spacial score (nSPS) is 10.9. The first-order valence-electron chi connectivity index (χ1n) is 3.84. The fourth-order valence-electron chi connectivity index (χ4n) is 0.367. The number of carbonyl (C=O) groups is 1. The van der Waals surface area contributed by atoms with Crippen LogP contribution in [0.3, 0.4) is 0 Å². The van der Waals surface area contributed by atoms with Crippen molar-refractivity contribution >= 4 is 5.97 Å². The highest BCUT2D eigenvalue weighted by Gasteiger charge is 1.99. The van der Waals surface area contributed by atoms with Gasteiger partial charge in [0.15, 0.2) is 0 Å². The Kier molecular flexibility index (Phi) is 10.3. The Bertz CT molecular complexity index is 79.3. The zero-order valence-corrected chi connectivity index (χ0v) is 7.60. The molecule has 0 bridgehead atoms. The van der Waals surface area contributed by atoms with Gasteiger partial charge in [0.25, 0.3) is 0 Å². The molecule has 0 aromatic heterocycles. The van der Waals surface area contributed by atoms with Crippen molar-refractivity contribution in [2.24, 2.45) is 0 Å². The van der Waals surface area contributed by atoms with E-state index in [4.69, 9.17) is 4.74 Å². The van der Waals surface area contributed by atoms with Gasteiger partial charge < -0.3 is 4.74 Å². The van der Waals surface area contributed by atoms with Crippen LogP contribution < -0.4 is 0 Å². The maximum Gasteiger partial charge on any atom is 0.302 e. The summed E-state index contributed by atoms with van der Waals surface area (Å²) in [6, 6.07) is 0. The fraction of sp³-hybridized carbons (Fsp3) is 0.875. The van der Waals surface area contributed by atoms with E-state index in [9.17, 15) is 4.79 Å². The zero-order valence-electron chi connectivity index (χ0n) is 7.60. The molecule has 0 amide bonds. The van der Waals surface area contributed by atoms with Gasteiger partial charge in [-0.15, -0.1) is 0 Å². The molecule has 0 aliphatic heterocycles. The van der Waals surface area contributed by atoms with Gasteiger partial charge in [0, 0.05) is 6.92 Å². The van der Waals surface area contributed by atoms with Gasteiger partial charge in [-0.2, -0.15) is 0 Å². The molecule has 0 aliphatic carbocycles. The summed E-state index contributed by atoms with van der Waals surface area (Å²) in [7, 11) is 0. The van der Waals surface area contributed by atoms with Crippen molar-refractivity contribution in [3.8, 4) is 0 Å². The van der Waals surface area contributed by atoms with Crippen molar-refractivity contribution < 1.29 is 9.53 Å². The summed E-state index contributed by atoms with van der Waals surface area (Å²) in [5.74, 6) is -0.195. The van der Waals surface area contributed by atoms with Crippen LogP contribution >= 0.6 is 0 Å². The molecular formula is C8H18O2. The van der Waals surface area contributed by atoms with Gasteiger partial charge in [-0.25, -0.2) is 0 Å². The van der Waals surface area contributed by atoms with Crippen molar-refractivity contribution in [3.63, 3.8) is 0 Å². The lowest BCUT2D eigenvalue weighted by atomic mass is 10.3. The molecule has 2 nitrogen and oxygen atoms in total. The predicted octanol–water partition coefficient (Wildman–Crippen LogP) is 2.37. The average Bonchev–Trinajstić information content (AvgIpc) is 1.91. The summed E-state index contributed by atoms with van der Waals surface area (Å²) in [4.78, 5) is 10.2. The topological polar surface area (TPSA) is 26.3 Å². The highest BCUT2D eigenvalue weighted by Crippen LogP contribution is 1.94. The number of rotatable bonds is 2. The Morgan fingerprint density at radius 1 is 1.50 bits per heavy atom. The molecule has 0 spiro atoms. The smallest absolute Gasteiger partial charge is 0.302 e. The summed E-state index contributed by atoms with van der Waals surface area (Å²) in [5, 5.41) is 0. The Balaban J connectivity index is 0. The van der Waals surface area contributed by atoms with E-state index in [-0.39, 0.29) is 12.1 Å². The molecule has 2 heteroatoms. The molecule has 0 N–H and O–H groups in total. The monoisotopic (exact) mass is 146 g/mol. The van der Waals surface area contributed by atoms with Crippen LogP contribution in [-0.4, -0.2) is 12.1 Å². The molecule has 0 aliphatic rings. The molecule has 0 aromatic carbocycles. The first kappa shape index (κ1) is 12.2. The van der Waals surface area contributed by atoms with E-state index in [2.05, 4.69) is 0 Å². The maximum absolute atomic E-state index is 10.2. The van der Waals surface area contributed by atoms with Crippen LogP contribution in [0.4, 0.5) is 0 Å². The molecule has 0 aromatic rings. The Labute approximate surface area is 63.6 Å². The van der Waals surface area contributed by atoms with E-state index in [0.717, 1.165) is 6.42 Å². The third-order valence-electron chi connectivity index (χ3n) is 0.942. The molecule has 0 rings (SSSR count). The summed E-state index contributed by atoms with van der Waals surface area (Å²) < 4.78 is 4.76. The molecule has 1 atom stereocenters. The van der Waals surface area contributed by atoms with Gasteiger partial charge in [0.1, 0.15) is 0 Å². The van der Waals surface area contributed by atoms with Crippen molar-refractivity contribution in [3.05, 3.63) is 0 Å². The highest BCUT2D eigenvalue weighted by molar-refractivity contribution is 5.66. The standard InChI is InChI=1S/C6H12O2.C2H6/c1-4-5(2)8-6(3)7;1-2/h5H,4H2,1-3H3;1-2H3. The molecular weight excluding hydrogens is 128 g/mol. The van der Waals surface area contributed by atoms with Gasteiger partial charge in [-0.3, -0.25) is 4.79 Å². The summed E-state index contributed by atoms with van der Waals surface area (Å²) in [6.45, 7) is 9.28. The second kappa shape index (κ2) is 8.47. The molecule has 0 saturated carbocycles. The zero-order chi connectivity index (χ0) is 8.57. The van der Waals surface area contributed by atoms with Crippen molar-refractivity contribution in [1.82, 2.24) is 0 Å². The summed E-state index contributed by atoms with van der Waals surface area (Å²) in [6.07, 6.45) is 0.965. The van der Waals surface area contributed by atoms with Crippen LogP contribution in [0.2, 0.25) is 0 Å². The SMILES string of the molecule is CC.CCC(C)OC(C)=O. The molecule has 10 heavy (non-hydrogen) atoms. The third-order valence-corrected chi connectivity index (χ3v) is 0.942. The Morgan fingerprint density at radius 2 is 1.90 bits per heavy atom. The number of carbonyl (C=O) groups excluding carboxylic acids is 1. The molecule has 62 valence electrons. The van der Waals surface area contributed by atoms with E-state index >= 15 is 0 Å². The quantitative estimate of drug-likeness (QED) is 0.559. The number of ether oxygens (including phenoxy) is 1. The van der Waals surface area contributed by atoms with Crippen molar-refractivity contribution in [2.45, 2.75) is 47.1 Å². The van der Waals surface area contributed by atoms with E-state index < -0.39 is 0 Å². The van der Waals surface area contributed by atoms with Gasteiger partial charge >= 0.3 is 5.97 Å². The van der Waals surface area contributed by atoms with Crippen LogP contribution in [0.5, 0.6) is 0 Å². The van der Waals surface area contributed by atoms with Crippen molar-refractivity contribution in [2.75, 3.05) is 0 Å². The number of hydrogen-bond donors (Lipinski definition) is 0. The average molecular weight is 146 g/mol. The lowest BCUT2D eigenvalue weighted by molar-refractivity contribution is -0.145. The first-order chi connectivity index (χ1) is 4.66. The van der Waals surface area contributed by atoms with E-state index in [1.807, 2.05) is 27.7 Å². The maximum atomic E-state index is 10.2. The van der Waals surface area contributed by atoms with E-state index in [1.54, 1.807) is 0 Å². The largest absolute Gasteiger partial charge is 0.463 e. The minimum atomic E-state index is -0.195.